The van der Waals surface area contributed by atoms with Crippen molar-refractivity contribution in [1.29, 1.82) is 0 Å². The van der Waals surface area contributed by atoms with Gasteiger partial charge in [0.25, 0.3) is 0 Å². The van der Waals surface area contributed by atoms with Gasteiger partial charge in [-0.05, 0) is 31.4 Å². The fraction of sp³-hybridized carbons (Fsp3) is 0.500. The molecule has 0 aromatic carbocycles. The number of aromatic nitrogens is 1. The van der Waals surface area contributed by atoms with Crippen LogP contribution in [0.3, 0.4) is 0 Å². The highest BCUT2D eigenvalue weighted by atomic mass is 35.5. The van der Waals surface area contributed by atoms with E-state index in [9.17, 15) is 4.39 Å². The Morgan fingerprint density at radius 1 is 1.60 bits per heavy atom. The first kappa shape index (κ1) is 12.4. The van der Waals surface area contributed by atoms with Crippen LogP contribution in [0.25, 0.3) is 0 Å². The molecule has 1 saturated heterocycles. The van der Waals surface area contributed by atoms with E-state index in [1.54, 1.807) is 18.1 Å². The van der Waals surface area contributed by atoms with E-state index in [-0.39, 0.29) is 18.4 Å². The van der Waals surface area contributed by atoms with Gasteiger partial charge < -0.3 is 0 Å². The number of hydrogen-bond donors (Lipinski definition) is 1. The third-order valence-electron chi connectivity index (χ3n) is 2.71. The molecule has 1 aliphatic rings. The van der Waals surface area contributed by atoms with Crippen LogP contribution in [0.2, 0.25) is 0 Å². The van der Waals surface area contributed by atoms with E-state index in [1.807, 2.05) is 6.07 Å². The molecular formula is C10H15ClFN3. The molecule has 2 N–H and O–H groups in total. The van der Waals surface area contributed by atoms with E-state index in [0.29, 0.717) is 5.56 Å². The molecule has 2 rings (SSSR count). The second-order valence-electron chi connectivity index (χ2n) is 3.77. The summed E-state index contributed by atoms with van der Waals surface area (Å²) in [4.78, 5) is 3.71. The molecule has 2 heterocycles. The van der Waals surface area contributed by atoms with Gasteiger partial charge in [0.2, 0.25) is 5.95 Å². The van der Waals surface area contributed by atoms with Gasteiger partial charge in [0.15, 0.2) is 0 Å². The maximum Gasteiger partial charge on any atom is 0.215 e. The van der Waals surface area contributed by atoms with Crippen molar-refractivity contribution in [3.8, 4) is 0 Å². The average Bonchev–Trinajstić information content (AvgIpc) is 2.57. The summed E-state index contributed by atoms with van der Waals surface area (Å²) in [6.07, 6.45) is 3.71. The molecule has 0 unspecified atom stereocenters. The second-order valence-corrected chi connectivity index (χ2v) is 3.77. The number of nitrogens with zero attached hydrogens (tertiary/aromatic N) is 2. The van der Waals surface area contributed by atoms with Gasteiger partial charge in [-0.15, -0.1) is 12.4 Å². The van der Waals surface area contributed by atoms with E-state index in [0.717, 1.165) is 24.9 Å². The summed E-state index contributed by atoms with van der Waals surface area (Å²) in [7, 11) is 0. The van der Waals surface area contributed by atoms with E-state index in [1.165, 1.54) is 0 Å². The van der Waals surface area contributed by atoms with E-state index >= 15 is 0 Å². The van der Waals surface area contributed by atoms with Gasteiger partial charge in [-0.2, -0.15) is 4.39 Å². The zero-order chi connectivity index (χ0) is 10.1. The number of pyridine rings is 1. The second kappa shape index (κ2) is 4.88. The lowest BCUT2D eigenvalue weighted by Gasteiger charge is -2.19. The number of hydrogen-bond acceptors (Lipinski definition) is 3. The molecule has 1 atom stereocenters. The monoisotopic (exact) mass is 231 g/mol. The summed E-state index contributed by atoms with van der Waals surface area (Å²) in [6, 6.07) is 2.04. The largest absolute Gasteiger partial charge is 0.268 e. The Labute approximate surface area is 94.9 Å². The first-order valence-corrected chi connectivity index (χ1v) is 4.82. The molecule has 0 aliphatic carbocycles. The van der Waals surface area contributed by atoms with Crippen molar-refractivity contribution in [2.75, 3.05) is 6.54 Å². The highest BCUT2D eigenvalue weighted by Gasteiger charge is 2.23. The molecule has 84 valence electrons. The van der Waals surface area contributed by atoms with Gasteiger partial charge in [0.05, 0.1) is 6.04 Å². The predicted octanol–water partition coefficient (Wildman–Crippen LogP) is 1.96. The normalized spacial score (nSPS) is 21.4. The summed E-state index contributed by atoms with van der Waals surface area (Å²) < 4.78 is 12.9. The minimum absolute atomic E-state index is 0. The van der Waals surface area contributed by atoms with Crippen LogP contribution in [0.5, 0.6) is 0 Å². The fourth-order valence-electron chi connectivity index (χ4n) is 1.91. The third kappa shape index (κ3) is 2.45. The van der Waals surface area contributed by atoms with E-state index in [4.69, 9.17) is 5.84 Å². The number of aryl methyl sites for hydroxylation is 1. The number of rotatable bonds is 1. The Morgan fingerprint density at radius 2 is 2.33 bits per heavy atom. The van der Waals surface area contributed by atoms with Crippen molar-refractivity contribution in [2.45, 2.75) is 25.8 Å². The standard InChI is InChI=1S/C10H14FN3.ClH/c1-7-5-8(6-13-10(7)11)9-3-2-4-14(9)12;/h5-6,9H,2-4,12H2,1H3;1H/t9-;/m1./s1. The van der Waals surface area contributed by atoms with Gasteiger partial charge in [-0.1, -0.05) is 0 Å². The zero-order valence-electron chi connectivity index (χ0n) is 8.61. The zero-order valence-corrected chi connectivity index (χ0v) is 9.43. The summed E-state index contributed by atoms with van der Waals surface area (Å²) >= 11 is 0. The van der Waals surface area contributed by atoms with Gasteiger partial charge >= 0.3 is 0 Å². The average molecular weight is 232 g/mol. The molecule has 0 radical (unpaired) electrons. The van der Waals surface area contributed by atoms with Crippen molar-refractivity contribution < 1.29 is 4.39 Å². The summed E-state index contributed by atoms with van der Waals surface area (Å²) in [5.74, 6) is 5.42. The molecule has 0 spiro atoms. The number of hydrazine groups is 1. The minimum atomic E-state index is -0.393. The lowest BCUT2D eigenvalue weighted by molar-refractivity contribution is 0.265. The molecule has 0 bridgehead atoms. The van der Waals surface area contributed by atoms with Crippen LogP contribution >= 0.6 is 12.4 Å². The molecule has 15 heavy (non-hydrogen) atoms. The van der Waals surface area contributed by atoms with Crippen LogP contribution in [0.15, 0.2) is 12.3 Å². The van der Waals surface area contributed by atoms with Gasteiger partial charge in [0.1, 0.15) is 0 Å². The topological polar surface area (TPSA) is 42.1 Å². The summed E-state index contributed by atoms with van der Waals surface area (Å²) in [6.45, 7) is 2.63. The lowest BCUT2D eigenvalue weighted by Crippen LogP contribution is -2.30. The molecular weight excluding hydrogens is 217 g/mol. The van der Waals surface area contributed by atoms with Crippen LogP contribution in [0.1, 0.15) is 30.0 Å². The molecule has 1 aromatic rings. The van der Waals surface area contributed by atoms with Crippen LogP contribution in [0, 0.1) is 12.9 Å². The Bertz CT molecular complexity index is 345. The fourth-order valence-corrected chi connectivity index (χ4v) is 1.91. The minimum Gasteiger partial charge on any atom is -0.268 e. The van der Waals surface area contributed by atoms with Crippen LogP contribution in [-0.2, 0) is 0 Å². The van der Waals surface area contributed by atoms with Crippen molar-refractivity contribution in [2.24, 2.45) is 5.84 Å². The highest BCUT2D eigenvalue weighted by Crippen LogP contribution is 2.29. The molecule has 3 nitrogen and oxygen atoms in total. The smallest absolute Gasteiger partial charge is 0.215 e. The van der Waals surface area contributed by atoms with Crippen LogP contribution in [0.4, 0.5) is 4.39 Å². The lowest BCUT2D eigenvalue weighted by atomic mass is 10.1. The Kier molecular flexibility index (Phi) is 4.02. The van der Waals surface area contributed by atoms with Crippen molar-refractivity contribution in [3.63, 3.8) is 0 Å². The van der Waals surface area contributed by atoms with Crippen LogP contribution in [-0.4, -0.2) is 16.5 Å². The van der Waals surface area contributed by atoms with E-state index < -0.39 is 5.95 Å². The van der Waals surface area contributed by atoms with Gasteiger partial charge in [-0.25, -0.2) is 9.99 Å². The van der Waals surface area contributed by atoms with Crippen LogP contribution < -0.4 is 5.84 Å². The molecule has 0 amide bonds. The summed E-state index contributed by atoms with van der Waals surface area (Å²) in [5, 5.41) is 1.80. The first-order valence-electron chi connectivity index (χ1n) is 4.82. The van der Waals surface area contributed by atoms with Crippen molar-refractivity contribution in [1.82, 2.24) is 9.99 Å². The highest BCUT2D eigenvalue weighted by molar-refractivity contribution is 5.85. The van der Waals surface area contributed by atoms with Crippen molar-refractivity contribution in [3.05, 3.63) is 29.3 Å². The Balaban J connectivity index is 0.00000112. The number of nitrogens with two attached hydrogens (primary N) is 1. The Morgan fingerprint density at radius 3 is 2.87 bits per heavy atom. The third-order valence-corrected chi connectivity index (χ3v) is 2.71. The van der Waals surface area contributed by atoms with Crippen molar-refractivity contribution >= 4 is 12.4 Å². The quantitative estimate of drug-likeness (QED) is 0.594. The van der Waals surface area contributed by atoms with E-state index in [2.05, 4.69) is 4.98 Å². The Hall–Kier alpha value is -0.710. The van der Waals surface area contributed by atoms with Gasteiger partial charge in [-0.3, -0.25) is 5.84 Å². The van der Waals surface area contributed by atoms with Gasteiger partial charge in [0, 0.05) is 18.3 Å². The molecule has 1 aromatic heterocycles. The molecule has 5 heteroatoms. The number of halogens is 2. The molecule has 1 aliphatic heterocycles. The summed E-state index contributed by atoms with van der Waals surface area (Å²) in [5.41, 5.74) is 1.60. The molecule has 1 fully saturated rings. The first-order chi connectivity index (χ1) is 6.68. The predicted molar refractivity (Wildman–Crippen MR) is 59.0 cm³/mol. The maximum absolute atomic E-state index is 12.9. The maximum atomic E-state index is 12.9. The SMILES string of the molecule is Cc1cc([C@H]2CCCN2N)cnc1F.Cl. The molecule has 0 saturated carbocycles.